The normalized spacial score (nSPS) is 21.5. The Labute approximate surface area is 222 Å². The molecule has 212 valence electrons. The largest absolute Gasteiger partial charge is 0.416 e. The molecule has 0 saturated carbocycles. The summed E-state index contributed by atoms with van der Waals surface area (Å²) in [6.07, 6.45) is -9.28. The van der Waals surface area contributed by atoms with E-state index in [4.69, 9.17) is 9.47 Å². The molecular weight excluding hydrogens is 529 g/mol. The number of rotatable bonds is 6. The number of hydrogen-bond acceptors (Lipinski definition) is 4. The lowest BCUT2D eigenvalue weighted by Crippen LogP contribution is -2.44. The number of hydrogen-bond donors (Lipinski definition) is 0. The second-order valence-electron chi connectivity index (χ2n) is 9.63. The Hall–Kier alpha value is -2.81. The summed E-state index contributed by atoms with van der Waals surface area (Å²) < 4.78 is 106. The van der Waals surface area contributed by atoms with Crippen molar-refractivity contribution in [2.75, 3.05) is 32.8 Å². The van der Waals surface area contributed by atoms with Crippen molar-refractivity contribution in [3.05, 3.63) is 70.5 Å². The molecule has 0 unspecified atom stereocenters. The SMILES string of the molecule is C[C@@H](O[C@H]1OCCN(C#CCCN2CCCC2)[C@H]1c1ccc(F)cc1)c1cc(C(F)(F)F)cc(C(F)(F)F)c1. The number of benzene rings is 2. The van der Waals surface area contributed by atoms with Crippen LogP contribution in [0.25, 0.3) is 0 Å². The fraction of sp³-hybridized carbons (Fsp3) is 0.500. The Morgan fingerprint density at radius 3 is 2.15 bits per heavy atom. The first-order valence-corrected chi connectivity index (χ1v) is 12.7. The summed E-state index contributed by atoms with van der Waals surface area (Å²) in [7, 11) is 0. The van der Waals surface area contributed by atoms with Gasteiger partial charge in [0.05, 0.1) is 30.4 Å². The molecule has 4 rings (SSSR count). The van der Waals surface area contributed by atoms with Gasteiger partial charge in [0.25, 0.3) is 0 Å². The molecule has 0 amide bonds. The minimum Gasteiger partial charge on any atom is -0.348 e. The minimum absolute atomic E-state index is 0.0775. The highest BCUT2D eigenvalue weighted by Crippen LogP contribution is 2.39. The third kappa shape index (κ3) is 7.65. The van der Waals surface area contributed by atoms with Crippen LogP contribution in [0.4, 0.5) is 30.7 Å². The van der Waals surface area contributed by atoms with Crippen molar-refractivity contribution in [2.24, 2.45) is 0 Å². The number of halogens is 7. The lowest BCUT2D eigenvalue weighted by molar-refractivity contribution is -0.221. The van der Waals surface area contributed by atoms with E-state index < -0.39 is 47.7 Å². The first-order chi connectivity index (χ1) is 18.4. The molecule has 2 fully saturated rings. The van der Waals surface area contributed by atoms with Crippen LogP contribution in [0.3, 0.4) is 0 Å². The molecule has 4 nitrogen and oxygen atoms in total. The zero-order valence-corrected chi connectivity index (χ0v) is 21.3. The second kappa shape index (κ2) is 12.1. The van der Waals surface area contributed by atoms with Crippen molar-refractivity contribution < 1.29 is 40.2 Å². The quantitative estimate of drug-likeness (QED) is 0.288. The molecule has 0 N–H and O–H groups in total. The number of nitrogens with zero attached hydrogens (tertiary/aromatic N) is 2. The molecule has 0 spiro atoms. The Morgan fingerprint density at radius 2 is 1.56 bits per heavy atom. The number of morpholine rings is 1. The highest BCUT2D eigenvalue weighted by Gasteiger charge is 2.39. The van der Waals surface area contributed by atoms with E-state index in [-0.39, 0.29) is 18.2 Å². The Morgan fingerprint density at radius 1 is 0.949 bits per heavy atom. The molecule has 2 aliphatic heterocycles. The van der Waals surface area contributed by atoms with Gasteiger partial charge in [0.2, 0.25) is 0 Å². The Kier molecular flexibility index (Phi) is 9.09. The maximum atomic E-state index is 13.7. The van der Waals surface area contributed by atoms with Crippen LogP contribution in [-0.4, -0.2) is 48.9 Å². The Balaban J connectivity index is 1.59. The molecule has 2 aromatic carbocycles. The van der Waals surface area contributed by atoms with E-state index >= 15 is 0 Å². The smallest absolute Gasteiger partial charge is 0.348 e. The van der Waals surface area contributed by atoms with Gasteiger partial charge in [-0.05, 0) is 74.3 Å². The van der Waals surface area contributed by atoms with Gasteiger partial charge < -0.3 is 19.3 Å². The lowest BCUT2D eigenvalue weighted by atomic mass is 10.0. The van der Waals surface area contributed by atoms with Gasteiger partial charge in [0.1, 0.15) is 11.9 Å². The molecule has 0 bridgehead atoms. The lowest BCUT2D eigenvalue weighted by Gasteiger charge is -2.40. The van der Waals surface area contributed by atoms with E-state index in [1.165, 1.54) is 31.2 Å². The number of ether oxygens (including phenoxy) is 2. The maximum Gasteiger partial charge on any atom is 0.416 e. The van der Waals surface area contributed by atoms with Crippen molar-refractivity contribution in [3.8, 4) is 12.0 Å². The van der Waals surface area contributed by atoms with Crippen LogP contribution in [0.5, 0.6) is 0 Å². The van der Waals surface area contributed by atoms with Crippen LogP contribution in [0.2, 0.25) is 0 Å². The molecule has 0 aliphatic carbocycles. The molecular formula is C28H29F7N2O2. The van der Waals surface area contributed by atoms with E-state index in [0.717, 1.165) is 32.5 Å². The summed E-state index contributed by atoms with van der Waals surface area (Å²) >= 11 is 0. The predicted molar refractivity (Wildman–Crippen MR) is 130 cm³/mol. The van der Waals surface area contributed by atoms with Crippen molar-refractivity contribution in [1.82, 2.24) is 9.80 Å². The van der Waals surface area contributed by atoms with Crippen molar-refractivity contribution in [1.29, 1.82) is 0 Å². The highest BCUT2D eigenvalue weighted by atomic mass is 19.4. The van der Waals surface area contributed by atoms with Crippen LogP contribution in [0, 0.1) is 17.8 Å². The van der Waals surface area contributed by atoms with Gasteiger partial charge in [-0.2, -0.15) is 26.3 Å². The maximum absolute atomic E-state index is 13.7. The fourth-order valence-corrected chi connectivity index (χ4v) is 4.75. The highest BCUT2D eigenvalue weighted by molar-refractivity contribution is 5.35. The molecule has 2 aromatic rings. The average Bonchev–Trinajstić information content (AvgIpc) is 3.40. The van der Waals surface area contributed by atoms with Crippen LogP contribution in [-0.2, 0) is 21.8 Å². The van der Waals surface area contributed by atoms with E-state index in [1.54, 1.807) is 4.90 Å². The first kappa shape index (κ1) is 29.2. The molecule has 2 aliphatic rings. The third-order valence-electron chi connectivity index (χ3n) is 6.81. The number of alkyl halides is 6. The second-order valence-corrected chi connectivity index (χ2v) is 9.63. The van der Waals surface area contributed by atoms with Gasteiger partial charge in [-0.1, -0.05) is 18.1 Å². The van der Waals surface area contributed by atoms with Crippen LogP contribution in [0.1, 0.15) is 60.6 Å². The average molecular weight is 559 g/mol. The summed E-state index contributed by atoms with van der Waals surface area (Å²) in [5.41, 5.74) is -2.56. The molecule has 0 aromatic heterocycles. The van der Waals surface area contributed by atoms with Crippen molar-refractivity contribution >= 4 is 0 Å². The van der Waals surface area contributed by atoms with Gasteiger partial charge in [0, 0.05) is 19.0 Å². The topological polar surface area (TPSA) is 24.9 Å². The van der Waals surface area contributed by atoms with Gasteiger partial charge in [-0.25, -0.2) is 4.39 Å². The zero-order chi connectivity index (χ0) is 28.2. The summed E-state index contributed by atoms with van der Waals surface area (Å²) in [5.74, 6) is 2.68. The van der Waals surface area contributed by atoms with Crippen LogP contribution in [0.15, 0.2) is 42.5 Å². The standard InChI is InChI=1S/C28H29F7N2O2/c1-19(21-16-22(27(30,31)32)18-23(17-21)28(33,34)35)39-26-25(20-6-8-24(29)9-7-20)37(14-15-38-26)13-5-4-12-36-10-2-3-11-36/h6-9,16-19,25-26H,2-4,10-12,14-15H2,1H3/t19-,25+,26-/m1/s1. The summed E-state index contributed by atoms with van der Waals surface area (Å²) in [6, 6.07) is 9.36. The van der Waals surface area contributed by atoms with E-state index in [2.05, 4.69) is 16.9 Å². The molecule has 39 heavy (non-hydrogen) atoms. The molecule has 11 heteroatoms. The first-order valence-electron chi connectivity index (χ1n) is 12.7. The summed E-state index contributed by atoms with van der Waals surface area (Å²) in [5, 5.41) is 0. The van der Waals surface area contributed by atoms with Gasteiger partial charge >= 0.3 is 12.4 Å². The monoisotopic (exact) mass is 558 g/mol. The van der Waals surface area contributed by atoms with Gasteiger partial charge in [0.15, 0.2) is 6.29 Å². The predicted octanol–water partition coefficient (Wildman–Crippen LogP) is 6.79. The molecule has 2 saturated heterocycles. The minimum atomic E-state index is -4.98. The van der Waals surface area contributed by atoms with Crippen LogP contribution >= 0.6 is 0 Å². The van der Waals surface area contributed by atoms with E-state index in [9.17, 15) is 30.7 Å². The van der Waals surface area contributed by atoms with Crippen LogP contribution < -0.4 is 0 Å². The Bertz CT molecular complexity index is 1130. The summed E-state index contributed by atoms with van der Waals surface area (Å²) in [4.78, 5) is 4.09. The summed E-state index contributed by atoms with van der Waals surface area (Å²) in [6.45, 7) is 4.82. The van der Waals surface area contributed by atoms with E-state index in [1.807, 2.05) is 0 Å². The van der Waals surface area contributed by atoms with Gasteiger partial charge in [-0.3, -0.25) is 0 Å². The van der Waals surface area contributed by atoms with Crippen molar-refractivity contribution in [3.63, 3.8) is 0 Å². The molecule has 0 radical (unpaired) electrons. The third-order valence-corrected chi connectivity index (χ3v) is 6.81. The van der Waals surface area contributed by atoms with Gasteiger partial charge in [-0.15, -0.1) is 0 Å². The fourth-order valence-electron chi connectivity index (χ4n) is 4.75. The van der Waals surface area contributed by atoms with Crippen molar-refractivity contribution in [2.45, 2.75) is 57.0 Å². The molecule has 3 atom stereocenters. The molecule has 2 heterocycles. The zero-order valence-electron chi connectivity index (χ0n) is 21.3. The number of likely N-dealkylation sites (tertiary alicyclic amines) is 1. The van der Waals surface area contributed by atoms with E-state index in [0.29, 0.717) is 30.7 Å².